The summed E-state index contributed by atoms with van der Waals surface area (Å²) >= 11 is 13.4. The molecule has 1 atom stereocenters. The second-order valence-electron chi connectivity index (χ2n) is 8.34. The van der Waals surface area contributed by atoms with Gasteiger partial charge in [0, 0.05) is 16.8 Å². The molecule has 0 unspecified atom stereocenters. The number of thioether (sulfide) groups is 1. The molecule has 5 nitrogen and oxygen atoms in total. The molecule has 2 amide bonds. The zero-order valence-corrected chi connectivity index (χ0v) is 21.6. The molecule has 1 N–H and O–H groups in total. The Labute approximate surface area is 228 Å². The lowest BCUT2D eigenvalue weighted by Gasteiger charge is -2.18. The molecule has 0 aliphatic carbocycles. The van der Waals surface area contributed by atoms with E-state index in [1.165, 1.54) is 16.7 Å². The minimum atomic E-state index is -0.578. The number of para-hydroxylation sites is 1. The van der Waals surface area contributed by atoms with Crippen LogP contribution in [0.1, 0.15) is 5.56 Å². The molecule has 1 aliphatic heterocycles. The number of hydrogen-bond acceptors (Lipinski definition) is 4. The van der Waals surface area contributed by atoms with Crippen molar-refractivity contribution < 1.29 is 9.59 Å². The highest BCUT2D eigenvalue weighted by atomic mass is 35.5. The molecule has 182 valence electrons. The summed E-state index contributed by atoms with van der Waals surface area (Å²) < 4.78 is 0. The minimum absolute atomic E-state index is 0.133. The molecule has 0 saturated carbocycles. The molecule has 5 rings (SSSR count). The number of nitrogens with one attached hydrogen (secondary N) is 1. The van der Waals surface area contributed by atoms with E-state index in [0.29, 0.717) is 32.9 Å². The van der Waals surface area contributed by atoms with Crippen LogP contribution in [-0.2, 0) is 16.0 Å². The van der Waals surface area contributed by atoms with Gasteiger partial charge in [-0.05, 0) is 47.7 Å². The summed E-state index contributed by atoms with van der Waals surface area (Å²) in [5, 5.41) is 15.4. The molecule has 1 heterocycles. The number of hydrogen-bond donors (Lipinski definition) is 1. The summed E-state index contributed by atoms with van der Waals surface area (Å²) in [7, 11) is 0. The Bertz CT molecular complexity index is 1590. The van der Waals surface area contributed by atoms with Crippen LogP contribution in [0.3, 0.4) is 0 Å². The van der Waals surface area contributed by atoms with Crippen molar-refractivity contribution in [1.29, 1.82) is 5.26 Å². The van der Waals surface area contributed by atoms with E-state index in [1.807, 2.05) is 54.6 Å². The van der Waals surface area contributed by atoms with E-state index in [-0.39, 0.29) is 11.5 Å². The van der Waals surface area contributed by atoms with Crippen LogP contribution < -0.4 is 10.2 Å². The lowest BCUT2D eigenvalue weighted by molar-refractivity contribution is -0.117. The van der Waals surface area contributed by atoms with Crippen molar-refractivity contribution in [3.05, 3.63) is 117 Å². The molecule has 0 bridgehead atoms. The van der Waals surface area contributed by atoms with Crippen molar-refractivity contribution in [1.82, 2.24) is 0 Å². The number of carbonyl (C=O) groups excluding carboxylic acids is 2. The smallest absolute Gasteiger partial charge is 0.269 e. The average Bonchev–Trinajstić information content (AvgIpc) is 3.22. The normalized spacial score (nSPS) is 16.5. The van der Waals surface area contributed by atoms with Crippen LogP contribution in [0.5, 0.6) is 0 Å². The number of nitriles is 1. The summed E-state index contributed by atoms with van der Waals surface area (Å²) in [4.78, 5) is 28.5. The van der Waals surface area contributed by atoms with Gasteiger partial charge in [-0.15, -0.1) is 0 Å². The van der Waals surface area contributed by atoms with Crippen molar-refractivity contribution in [3.63, 3.8) is 0 Å². The number of carbonyl (C=O) groups is 2. The quantitative estimate of drug-likeness (QED) is 0.213. The van der Waals surface area contributed by atoms with E-state index < -0.39 is 11.2 Å². The van der Waals surface area contributed by atoms with Crippen molar-refractivity contribution in [2.45, 2.75) is 11.7 Å². The van der Waals surface area contributed by atoms with E-state index in [0.717, 1.165) is 16.3 Å². The van der Waals surface area contributed by atoms with Crippen molar-refractivity contribution in [2.75, 3.05) is 10.2 Å². The van der Waals surface area contributed by atoms with Gasteiger partial charge in [0.2, 0.25) is 5.91 Å². The number of nitrogens with zero attached hydrogens (tertiary/aromatic N) is 2. The predicted octanol–water partition coefficient (Wildman–Crippen LogP) is 7.21. The van der Waals surface area contributed by atoms with Crippen LogP contribution in [0, 0.1) is 11.3 Å². The first kappa shape index (κ1) is 24.9. The second-order valence-corrected chi connectivity index (χ2v) is 10.3. The van der Waals surface area contributed by atoms with Gasteiger partial charge in [0.15, 0.2) is 0 Å². The van der Waals surface area contributed by atoms with Gasteiger partial charge in [-0.2, -0.15) is 5.26 Å². The fraction of sp³-hybridized carbons (Fsp3) is 0.0690. The minimum Gasteiger partial charge on any atom is -0.321 e. The maximum absolute atomic E-state index is 13.6. The van der Waals surface area contributed by atoms with Gasteiger partial charge in [0.1, 0.15) is 16.7 Å². The SMILES string of the molecule is N#C/C(C(=O)Nc1cccc2ccccc12)=C1/S[C@@H](Cc2ccc(Cl)c(Cl)c2)C(=O)N1c1ccccc1. The van der Waals surface area contributed by atoms with Crippen molar-refractivity contribution in [3.8, 4) is 6.07 Å². The molecular formula is C29H19Cl2N3O2S. The highest BCUT2D eigenvalue weighted by molar-refractivity contribution is 8.05. The van der Waals surface area contributed by atoms with Crippen LogP contribution in [-0.4, -0.2) is 17.1 Å². The molecule has 0 radical (unpaired) electrons. The van der Waals surface area contributed by atoms with Gasteiger partial charge >= 0.3 is 0 Å². The third kappa shape index (κ3) is 5.07. The standard InChI is InChI=1S/C29H19Cl2N3O2S/c30-23-14-13-18(15-24(23)31)16-26-28(36)34(20-9-2-1-3-10-20)29(37-26)22(17-32)27(35)33-25-12-6-8-19-7-4-5-11-21(19)25/h1-15,26H,16H2,(H,33,35)/b29-22-/t26-/m0/s1. The summed E-state index contributed by atoms with van der Waals surface area (Å²) in [5.41, 5.74) is 1.86. The number of fused-ring (bicyclic) bond motifs is 1. The summed E-state index contributed by atoms with van der Waals surface area (Å²) in [6, 6.07) is 29.5. The third-order valence-electron chi connectivity index (χ3n) is 5.96. The number of amides is 2. The van der Waals surface area contributed by atoms with Gasteiger partial charge < -0.3 is 5.32 Å². The molecule has 1 fully saturated rings. The molecule has 37 heavy (non-hydrogen) atoms. The number of halogens is 2. The monoisotopic (exact) mass is 543 g/mol. The molecule has 8 heteroatoms. The van der Waals surface area contributed by atoms with Gasteiger partial charge in [-0.3, -0.25) is 14.5 Å². The zero-order valence-electron chi connectivity index (χ0n) is 19.3. The van der Waals surface area contributed by atoms with Gasteiger partial charge in [0.05, 0.1) is 15.3 Å². The van der Waals surface area contributed by atoms with Crippen LogP contribution in [0.15, 0.2) is 102 Å². The first-order chi connectivity index (χ1) is 18.0. The van der Waals surface area contributed by atoms with Gasteiger partial charge in [0.25, 0.3) is 5.91 Å². The van der Waals surface area contributed by atoms with E-state index >= 15 is 0 Å². The lowest BCUT2D eigenvalue weighted by Crippen LogP contribution is -2.30. The Hall–Kier alpha value is -3.76. The first-order valence-electron chi connectivity index (χ1n) is 11.4. The fourth-order valence-corrected chi connectivity index (χ4v) is 5.83. The van der Waals surface area contributed by atoms with Crippen molar-refractivity contribution in [2.24, 2.45) is 0 Å². The third-order valence-corrected chi connectivity index (χ3v) is 7.96. The average molecular weight is 544 g/mol. The van der Waals surface area contributed by atoms with Crippen molar-refractivity contribution >= 4 is 68.9 Å². The fourth-order valence-electron chi connectivity index (χ4n) is 4.20. The molecule has 4 aromatic rings. The Kier molecular flexibility index (Phi) is 7.20. The maximum atomic E-state index is 13.6. The van der Waals surface area contributed by atoms with E-state index in [4.69, 9.17) is 23.2 Å². The molecule has 0 spiro atoms. The Morgan fingerprint density at radius 1 is 0.946 bits per heavy atom. The van der Waals surface area contributed by atoms with E-state index in [2.05, 4.69) is 5.32 Å². The predicted molar refractivity (Wildman–Crippen MR) is 151 cm³/mol. The molecule has 0 aromatic heterocycles. The maximum Gasteiger partial charge on any atom is 0.269 e. The number of rotatable bonds is 5. The highest BCUT2D eigenvalue weighted by Gasteiger charge is 2.40. The highest BCUT2D eigenvalue weighted by Crippen LogP contribution is 2.42. The van der Waals surface area contributed by atoms with Crippen LogP contribution >= 0.6 is 35.0 Å². The summed E-state index contributed by atoms with van der Waals surface area (Å²) in [6.45, 7) is 0. The Balaban J connectivity index is 1.53. The molecular weight excluding hydrogens is 525 g/mol. The number of benzene rings is 4. The number of anilines is 2. The van der Waals surface area contributed by atoms with E-state index in [1.54, 1.807) is 42.5 Å². The summed E-state index contributed by atoms with van der Waals surface area (Å²) in [6.07, 6.45) is 0.358. The van der Waals surface area contributed by atoms with E-state index in [9.17, 15) is 14.9 Å². The van der Waals surface area contributed by atoms with Crippen LogP contribution in [0.2, 0.25) is 10.0 Å². The summed E-state index contributed by atoms with van der Waals surface area (Å²) in [5.74, 6) is -0.798. The Morgan fingerprint density at radius 2 is 1.68 bits per heavy atom. The Morgan fingerprint density at radius 3 is 2.43 bits per heavy atom. The molecule has 1 saturated heterocycles. The lowest BCUT2D eigenvalue weighted by atomic mass is 10.1. The van der Waals surface area contributed by atoms with Gasteiger partial charge in [-0.1, -0.05) is 95.6 Å². The van der Waals surface area contributed by atoms with Crippen LogP contribution in [0.25, 0.3) is 10.8 Å². The zero-order chi connectivity index (χ0) is 25.9. The topological polar surface area (TPSA) is 73.2 Å². The largest absolute Gasteiger partial charge is 0.321 e. The molecule has 4 aromatic carbocycles. The first-order valence-corrected chi connectivity index (χ1v) is 13.0. The molecule has 1 aliphatic rings. The second kappa shape index (κ2) is 10.7. The van der Waals surface area contributed by atoms with Gasteiger partial charge in [-0.25, -0.2) is 0 Å². The van der Waals surface area contributed by atoms with Crippen LogP contribution in [0.4, 0.5) is 11.4 Å².